The number of aromatic nitrogens is 2. The lowest BCUT2D eigenvalue weighted by molar-refractivity contribution is 0.0187. The lowest BCUT2D eigenvalue weighted by atomic mass is 10.0. The Morgan fingerprint density at radius 2 is 1.47 bits per heavy atom. The highest BCUT2D eigenvalue weighted by Gasteiger charge is 2.33. The van der Waals surface area contributed by atoms with Crippen LogP contribution in [-0.2, 0) is 16.1 Å². The predicted octanol–water partition coefficient (Wildman–Crippen LogP) is 7.49. The van der Waals surface area contributed by atoms with Gasteiger partial charge in [-0.05, 0) is 109 Å². The number of aliphatic hydroxyl groups is 1. The Balaban J connectivity index is 0.000000220. The van der Waals surface area contributed by atoms with Crippen LogP contribution < -0.4 is 24.6 Å². The molecule has 0 spiro atoms. The normalized spacial score (nSPS) is 21.9. The first-order valence-corrected chi connectivity index (χ1v) is 21.8. The van der Waals surface area contributed by atoms with Crippen molar-refractivity contribution >= 4 is 17.5 Å². The molecule has 4 aliphatic rings. The minimum absolute atomic E-state index is 0.0313. The second-order valence-corrected chi connectivity index (χ2v) is 17.4. The maximum atomic E-state index is 12.5. The van der Waals surface area contributed by atoms with Crippen LogP contribution in [0.4, 0.5) is 16.2 Å². The molecule has 2 aromatic heterocycles. The van der Waals surface area contributed by atoms with E-state index in [1.807, 2.05) is 51.4 Å². The fraction of sp³-hybridized carbons (Fsp3) is 0.630. The molecule has 58 heavy (non-hydrogen) atoms. The average molecular weight is 801 g/mol. The average Bonchev–Trinajstić information content (AvgIpc) is 4.07. The Bertz CT molecular complexity index is 1650. The highest BCUT2D eigenvalue weighted by Crippen LogP contribution is 2.30. The van der Waals surface area contributed by atoms with E-state index in [1.54, 1.807) is 17.3 Å². The molecule has 1 aromatic carbocycles. The summed E-state index contributed by atoms with van der Waals surface area (Å²) < 4.78 is 23.4. The van der Waals surface area contributed by atoms with Gasteiger partial charge in [-0.25, -0.2) is 4.79 Å². The van der Waals surface area contributed by atoms with Gasteiger partial charge in [-0.2, -0.15) is 0 Å². The topological polar surface area (TPSA) is 122 Å². The number of ether oxygens (including phenoxy) is 4. The molecule has 4 aliphatic heterocycles. The van der Waals surface area contributed by atoms with Gasteiger partial charge in [0.25, 0.3) is 0 Å². The Morgan fingerprint density at radius 3 is 2.09 bits per heavy atom. The SMILES string of the molecule is CC(C)(C)OC(=O)N1CCC[C@H]1COc1cncc(N2CC[C@@H](CCCOCc3ccccc3)C2)c1.OCCC[C@@H]1CCN(c2cncc(OC[C@@H]3CCCN3)c2)C1. The van der Waals surface area contributed by atoms with Gasteiger partial charge in [-0.15, -0.1) is 0 Å². The van der Waals surface area contributed by atoms with E-state index < -0.39 is 5.60 Å². The summed E-state index contributed by atoms with van der Waals surface area (Å²) in [4.78, 5) is 27.9. The Hall–Kier alpha value is -4.13. The van der Waals surface area contributed by atoms with Gasteiger partial charge in [0.15, 0.2) is 0 Å². The first-order chi connectivity index (χ1) is 28.2. The van der Waals surface area contributed by atoms with Crippen LogP contribution in [-0.4, -0.2) is 109 Å². The number of nitrogens with one attached hydrogen (secondary N) is 1. The van der Waals surface area contributed by atoms with Crippen molar-refractivity contribution in [1.82, 2.24) is 20.2 Å². The standard InChI is InChI=1S/C29H41N3O4.C17H27N3O2/c1-29(2,3)36-28(33)32-14-7-12-25(32)22-35-27-17-26(18-30-19-27)31-15-13-23(20-31)11-8-16-34-21-24-9-5-4-6-10-24;21-8-2-3-14-5-7-20(12-14)16-9-17(11-18-10-16)22-13-15-4-1-6-19-15/h4-6,9-10,17-19,23,25H,7-8,11-16,20-22H2,1-3H3;9-11,14-15,19,21H,1-8,12-13H2/t23-,25+;14-,15+/m11/s1. The quantitative estimate of drug-likeness (QED) is 0.132. The molecule has 0 aliphatic carbocycles. The third-order valence-corrected chi connectivity index (χ3v) is 11.5. The lowest BCUT2D eigenvalue weighted by Crippen LogP contribution is -2.42. The minimum Gasteiger partial charge on any atom is -0.490 e. The van der Waals surface area contributed by atoms with E-state index in [-0.39, 0.29) is 12.1 Å². The molecular weight excluding hydrogens is 733 g/mol. The van der Waals surface area contributed by atoms with Crippen LogP contribution in [0.1, 0.15) is 90.5 Å². The second-order valence-electron chi connectivity index (χ2n) is 17.4. The zero-order chi connectivity index (χ0) is 40.6. The molecule has 3 aromatic rings. The predicted molar refractivity (Wildman–Crippen MR) is 229 cm³/mol. The van der Waals surface area contributed by atoms with E-state index in [0.29, 0.717) is 44.2 Å². The van der Waals surface area contributed by atoms with Crippen molar-refractivity contribution in [3.05, 3.63) is 72.8 Å². The van der Waals surface area contributed by atoms with E-state index in [2.05, 4.69) is 49.4 Å². The number of anilines is 2. The Kier molecular flexibility index (Phi) is 16.7. The number of hydrogen-bond donors (Lipinski definition) is 2. The van der Waals surface area contributed by atoms with Crippen LogP contribution in [0.15, 0.2) is 67.3 Å². The summed E-state index contributed by atoms with van der Waals surface area (Å²) in [7, 11) is 0. The van der Waals surface area contributed by atoms with E-state index >= 15 is 0 Å². The van der Waals surface area contributed by atoms with Crippen LogP contribution in [0.5, 0.6) is 11.5 Å². The summed E-state index contributed by atoms with van der Waals surface area (Å²) in [5.74, 6) is 2.99. The molecule has 1 amide bonds. The molecule has 4 saturated heterocycles. The van der Waals surface area contributed by atoms with Gasteiger partial charge in [0, 0.05) is 64.1 Å². The van der Waals surface area contributed by atoms with Crippen molar-refractivity contribution < 1.29 is 28.8 Å². The van der Waals surface area contributed by atoms with Crippen LogP contribution in [0.25, 0.3) is 0 Å². The summed E-state index contributed by atoms with van der Waals surface area (Å²) in [5, 5.41) is 12.4. The summed E-state index contributed by atoms with van der Waals surface area (Å²) in [6.45, 7) is 14.7. The van der Waals surface area contributed by atoms with Crippen LogP contribution >= 0.6 is 0 Å². The zero-order valence-corrected chi connectivity index (χ0v) is 35.2. The third-order valence-electron chi connectivity index (χ3n) is 11.5. The summed E-state index contributed by atoms with van der Waals surface area (Å²) in [6.07, 6.45) is 18.2. The first-order valence-electron chi connectivity index (χ1n) is 21.8. The van der Waals surface area contributed by atoms with E-state index in [9.17, 15) is 4.79 Å². The molecule has 4 atom stereocenters. The van der Waals surface area contributed by atoms with Gasteiger partial charge in [-0.1, -0.05) is 30.3 Å². The van der Waals surface area contributed by atoms with Gasteiger partial charge < -0.3 is 44.1 Å². The molecular formula is C46H68N6O6. The molecule has 4 fully saturated rings. The number of carbonyl (C=O) groups is 1. The highest BCUT2D eigenvalue weighted by molar-refractivity contribution is 5.69. The van der Waals surface area contributed by atoms with Crippen LogP contribution in [0.3, 0.4) is 0 Å². The number of likely N-dealkylation sites (tertiary alicyclic amines) is 1. The van der Waals surface area contributed by atoms with Crippen molar-refractivity contribution in [2.24, 2.45) is 11.8 Å². The molecule has 12 nitrogen and oxygen atoms in total. The van der Waals surface area contributed by atoms with Crippen LogP contribution in [0.2, 0.25) is 0 Å². The fourth-order valence-corrected chi connectivity index (χ4v) is 8.40. The second kappa shape index (κ2) is 22.3. The van der Waals surface area contributed by atoms with E-state index in [4.69, 9.17) is 24.1 Å². The molecule has 0 bridgehead atoms. The van der Waals surface area contributed by atoms with Gasteiger partial charge in [0.1, 0.15) is 30.3 Å². The third kappa shape index (κ3) is 14.0. The van der Waals surface area contributed by atoms with Crippen molar-refractivity contribution in [2.45, 2.75) is 109 Å². The van der Waals surface area contributed by atoms with Gasteiger partial charge >= 0.3 is 6.09 Å². The number of aliphatic hydroxyl groups excluding tert-OH is 1. The largest absolute Gasteiger partial charge is 0.490 e. The van der Waals surface area contributed by atoms with Gasteiger partial charge in [0.05, 0.1) is 48.8 Å². The Labute approximate surface area is 346 Å². The molecule has 12 heteroatoms. The van der Waals surface area contributed by atoms with E-state index in [1.165, 1.54) is 37.7 Å². The maximum Gasteiger partial charge on any atom is 0.410 e. The molecule has 0 saturated carbocycles. The smallest absolute Gasteiger partial charge is 0.410 e. The zero-order valence-electron chi connectivity index (χ0n) is 35.2. The molecule has 6 heterocycles. The monoisotopic (exact) mass is 801 g/mol. The van der Waals surface area contributed by atoms with Crippen molar-refractivity contribution in [3.8, 4) is 11.5 Å². The molecule has 7 rings (SSSR count). The summed E-state index contributed by atoms with van der Waals surface area (Å²) in [5.41, 5.74) is 2.99. The number of benzene rings is 1. The van der Waals surface area contributed by atoms with Gasteiger partial charge in [0.2, 0.25) is 0 Å². The summed E-state index contributed by atoms with van der Waals surface area (Å²) >= 11 is 0. The number of amides is 1. The lowest BCUT2D eigenvalue weighted by Gasteiger charge is -2.28. The van der Waals surface area contributed by atoms with E-state index in [0.717, 1.165) is 101 Å². The summed E-state index contributed by atoms with van der Waals surface area (Å²) in [6, 6.07) is 15.0. The van der Waals surface area contributed by atoms with Crippen molar-refractivity contribution in [3.63, 3.8) is 0 Å². The first kappa shape index (κ1) is 43.4. The van der Waals surface area contributed by atoms with Gasteiger partial charge in [-0.3, -0.25) is 9.97 Å². The highest BCUT2D eigenvalue weighted by atomic mass is 16.6. The molecule has 0 unspecified atom stereocenters. The van der Waals surface area contributed by atoms with Crippen molar-refractivity contribution in [2.75, 3.05) is 75.5 Å². The number of hydrogen-bond acceptors (Lipinski definition) is 11. The number of rotatable bonds is 17. The maximum absolute atomic E-state index is 12.5. The number of carbonyl (C=O) groups excluding carboxylic acids is 1. The van der Waals surface area contributed by atoms with Crippen LogP contribution in [0, 0.1) is 11.8 Å². The fourth-order valence-electron chi connectivity index (χ4n) is 8.40. The van der Waals surface area contributed by atoms with Crippen molar-refractivity contribution in [1.29, 1.82) is 0 Å². The molecule has 2 N–H and O–H groups in total. The number of nitrogens with zero attached hydrogens (tertiary/aromatic N) is 5. The Morgan fingerprint density at radius 1 is 0.810 bits per heavy atom. The minimum atomic E-state index is -0.494. The number of pyridine rings is 2. The molecule has 318 valence electrons. The molecule has 0 radical (unpaired) electrons.